The zero-order valence-corrected chi connectivity index (χ0v) is 13.1. The van der Waals surface area contributed by atoms with Gasteiger partial charge in [-0.15, -0.1) is 11.8 Å². The minimum Gasteiger partial charge on any atom is -0.344 e. The van der Waals surface area contributed by atoms with E-state index in [0.29, 0.717) is 28.8 Å². The van der Waals surface area contributed by atoms with Crippen LogP contribution in [0.1, 0.15) is 17.3 Å². The summed E-state index contributed by atoms with van der Waals surface area (Å²) in [7, 11) is 1.76. The highest BCUT2D eigenvalue weighted by Crippen LogP contribution is 2.25. The molecule has 6 heteroatoms. The van der Waals surface area contributed by atoms with Crippen molar-refractivity contribution in [1.29, 1.82) is 0 Å². The maximum absolute atomic E-state index is 12.5. The standard InChI is InChI=1S/C14H17ClN2O2S/c1-3-16(2)14(19)12-8-20-9-17(12)13(18)10-5-4-6-11(15)7-10/h4-7,12H,3,8-9H2,1-2H3/t12-/m0/s1. The van der Waals surface area contributed by atoms with Gasteiger partial charge in [0.25, 0.3) is 5.91 Å². The normalized spacial score (nSPS) is 18.1. The van der Waals surface area contributed by atoms with Crippen LogP contribution in [0, 0.1) is 0 Å². The van der Waals surface area contributed by atoms with Crippen LogP contribution in [0.2, 0.25) is 5.02 Å². The number of thioether (sulfide) groups is 1. The molecule has 1 heterocycles. The summed E-state index contributed by atoms with van der Waals surface area (Å²) in [6.45, 7) is 2.56. The van der Waals surface area contributed by atoms with Gasteiger partial charge in [-0.05, 0) is 25.1 Å². The molecule has 0 aliphatic carbocycles. The number of likely N-dealkylation sites (N-methyl/N-ethyl adjacent to an activating group) is 1. The topological polar surface area (TPSA) is 40.6 Å². The van der Waals surface area contributed by atoms with E-state index in [1.807, 2.05) is 6.92 Å². The molecular weight excluding hydrogens is 296 g/mol. The molecule has 0 bridgehead atoms. The van der Waals surface area contributed by atoms with E-state index in [0.717, 1.165) is 0 Å². The minimum absolute atomic E-state index is 0.00659. The highest BCUT2D eigenvalue weighted by atomic mass is 35.5. The zero-order chi connectivity index (χ0) is 14.7. The van der Waals surface area contributed by atoms with Crippen molar-refractivity contribution in [1.82, 2.24) is 9.80 Å². The van der Waals surface area contributed by atoms with Crippen molar-refractivity contribution in [2.24, 2.45) is 0 Å². The van der Waals surface area contributed by atoms with Crippen molar-refractivity contribution in [3.05, 3.63) is 34.9 Å². The lowest BCUT2D eigenvalue weighted by Gasteiger charge is -2.26. The van der Waals surface area contributed by atoms with Gasteiger partial charge in [0, 0.05) is 29.9 Å². The monoisotopic (exact) mass is 312 g/mol. The Bertz CT molecular complexity index is 524. The minimum atomic E-state index is -0.378. The molecule has 0 radical (unpaired) electrons. The van der Waals surface area contributed by atoms with Crippen LogP contribution in [-0.2, 0) is 4.79 Å². The summed E-state index contributed by atoms with van der Waals surface area (Å²) >= 11 is 7.51. The number of carbonyl (C=O) groups is 2. The molecule has 20 heavy (non-hydrogen) atoms. The fourth-order valence-corrected chi connectivity index (χ4v) is 3.38. The van der Waals surface area contributed by atoms with Gasteiger partial charge in [-0.2, -0.15) is 0 Å². The molecule has 4 nitrogen and oxygen atoms in total. The summed E-state index contributed by atoms with van der Waals surface area (Å²) in [5.41, 5.74) is 0.525. The van der Waals surface area contributed by atoms with Gasteiger partial charge in [-0.25, -0.2) is 0 Å². The van der Waals surface area contributed by atoms with Crippen LogP contribution < -0.4 is 0 Å². The molecule has 0 aromatic heterocycles. The lowest BCUT2D eigenvalue weighted by molar-refractivity contribution is -0.133. The van der Waals surface area contributed by atoms with Crippen molar-refractivity contribution in [2.45, 2.75) is 13.0 Å². The van der Waals surface area contributed by atoms with Gasteiger partial charge < -0.3 is 9.80 Å². The van der Waals surface area contributed by atoms with Gasteiger partial charge in [0.05, 0.1) is 5.88 Å². The average molecular weight is 313 g/mol. The van der Waals surface area contributed by atoms with Gasteiger partial charge >= 0.3 is 0 Å². The van der Waals surface area contributed by atoms with E-state index in [2.05, 4.69) is 0 Å². The first-order valence-electron chi connectivity index (χ1n) is 6.44. The summed E-state index contributed by atoms with van der Waals surface area (Å²) < 4.78 is 0. The number of benzene rings is 1. The van der Waals surface area contributed by atoms with Crippen LogP contribution in [0.25, 0.3) is 0 Å². The van der Waals surface area contributed by atoms with E-state index in [4.69, 9.17) is 11.6 Å². The van der Waals surface area contributed by atoms with E-state index in [-0.39, 0.29) is 17.9 Å². The first kappa shape index (κ1) is 15.2. The molecule has 0 unspecified atom stereocenters. The second-order valence-corrected chi connectivity index (χ2v) is 6.09. The molecule has 1 atom stereocenters. The van der Waals surface area contributed by atoms with Crippen molar-refractivity contribution in [3.63, 3.8) is 0 Å². The number of amides is 2. The number of halogens is 1. The van der Waals surface area contributed by atoms with Crippen LogP contribution in [0.3, 0.4) is 0 Å². The Hall–Kier alpha value is -1.20. The van der Waals surface area contributed by atoms with E-state index in [1.165, 1.54) is 0 Å². The van der Waals surface area contributed by atoms with Crippen molar-refractivity contribution >= 4 is 35.2 Å². The first-order valence-corrected chi connectivity index (χ1v) is 7.97. The Balaban J connectivity index is 2.18. The third-order valence-electron chi connectivity index (χ3n) is 3.35. The Kier molecular flexibility index (Phi) is 4.94. The van der Waals surface area contributed by atoms with Gasteiger partial charge in [0.15, 0.2) is 0 Å². The smallest absolute Gasteiger partial charge is 0.255 e. The van der Waals surface area contributed by atoms with E-state index in [9.17, 15) is 9.59 Å². The number of rotatable bonds is 3. The second kappa shape index (κ2) is 6.50. The summed E-state index contributed by atoms with van der Waals surface area (Å²) in [6, 6.07) is 6.45. The average Bonchev–Trinajstić information content (AvgIpc) is 2.94. The van der Waals surface area contributed by atoms with Gasteiger partial charge in [0.1, 0.15) is 6.04 Å². The quantitative estimate of drug-likeness (QED) is 0.860. The fourth-order valence-electron chi connectivity index (χ4n) is 2.04. The Morgan fingerprint density at radius 1 is 1.50 bits per heavy atom. The summed E-state index contributed by atoms with van der Waals surface area (Å²) in [5.74, 6) is 1.04. The van der Waals surface area contributed by atoms with Gasteiger partial charge in [-0.3, -0.25) is 9.59 Å². The third kappa shape index (κ3) is 3.10. The largest absolute Gasteiger partial charge is 0.344 e. The molecule has 1 aromatic rings. The highest BCUT2D eigenvalue weighted by Gasteiger charge is 2.36. The Labute approximate surface area is 128 Å². The van der Waals surface area contributed by atoms with Crippen molar-refractivity contribution in [2.75, 3.05) is 25.2 Å². The molecule has 0 N–H and O–H groups in total. The molecule has 108 valence electrons. The third-order valence-corrected chi connectivity index (χ3v) is 4.60. The fraction of sp³-hybridized carbons (Fsp3) is 0.429. The molecule has 1 aliphatic rings. The van der Waals surface area contributed by atoms with Gasteiger partial charge in [-0.1, -0.05) is 17.7 Å². The lowest BCUT2D eigenvalue weighted by Crippen LogP contribution is -2.47. The zero-order valence-electron chi connectivity index (χ0n) is 11.5. The van der Waals surface area contributed by atoms with Crippen LogP contribution in [0.15, 0.2) is 24.3 Å². The molecule has 2 amide bonds. The predicted octanol–water partition coefficient (Wildman–Crippen LogP) is 2.33. The van der Waals surface area contributed by atoms with Crippen molar-refractivity contribution in [3.8, 4) is 0 Å². The number of carbonyl (C=O) groups excluding carboxylic acids is 2. The maximum atomic E-state index is 12.5. The molecule has 1 aromatic carbocycles. The molecule has 1 fully saturated rings. The molecule has 1 saturated heterocycles. The van der Waals surface area contributed by atoms with Crippen molar-refractivity contribution < 1.29 is 9.59 Å². The molecule has 0 saturated carbocycles. The summed E-state index contributed by atoms with van der Waals surface area (Å²) in [4.78, 5) is 28.1. The van der Waals surface area contributed by atoms with Crippen LogP contribution >= 0.6 is 23.4 Å². The first-order chi connectivity index (χ1) is 9.54. The van der Waals surface area contributed by atoms with Crippen LogP contribution in [0.5, 0.6) is 0 Å². The molecule has 1 aliphatic heterocycles. The van der Waals surface area contributed by atoms with E-state index in [1.54, 1.807) is 52.9 Å². The summed E-state index contributed by atoms with van der Waals surface area (Å²) in [6.07, 6.45) is 0. The molecule has 2 rings (SSSR count). The number of nitrogens with zero attached hydrogens (tertiary/aromatic N) is 2. The van der Waals surface area contributed by atoms with Gasteiger partial charge in [0.2, 0.25) is 5.91 Å². The number of hydrogen-bond donors (Lipinski definition) is 0. The van der Waals surface area contributed by atoms with E-state index >= 15 is 0 Å². The van der Waals surface area contributed by atoms with Crippen LogP contribution in [-0.4, -0.2) is 52.9 Å². The van der Waals surface area contributed by atoms with E-state index < -0.39 is 0 Å². The SMILES string of the molecule is CCN(C)C(=O)[C@@H]1CSCN1C(=O)c1cccc(Cl)c1. The Morgan fingerprint density at radius 3 is 2.90 bits per heavy atom. The predicted molar refractivity (Wildman–Crippen MR) is 82.0 cm³/mol. The number of hydrogen-bond acceptors (Lipinski definition) is 3. The second-order valence-electron chi connectivity index (χ2n) is 4.65. The highest BCUT2D eigenvalue weighted by molar-refractivity contribution is 7.99. The molecule has 0 spiro atoms. The maximum Gasteiger partial charge on any atom is 0.255 e. The lowest BCUT2D eigenvalue weighted by atomic mass is 10.1. The Morgan fingerprint density at radius 2 is 2.25 bits per heavy atom. The molecular formula is C14H17ClN2O2S. The van der Waals surface area contributed by atoms with Crippen LogP contribution in [0.4, 0.5) is 0 Å². The summed E-state index contributed by atoms with van der Waals surface area (Å²) in [5, 5.41) is 0.524.